The van der Waals surface area contributed by atoms with E-state index >= 15 is 0 Å². The van der Waals surface area contributed by atoms with Crippen molar-refractivity contribution >= 4 is 5.97 Å². The Morgan fingerprint density at radius 1 is 1.47 bits per heavy atom. The van der Waals surface area contributed by atoms with Gasteiger partial charge in [-0.25, -0.2) is 0 Å². The molecule has 0 saturated heterocycles. The molecule has 1 aromatic rings. The molecule has 0 unspecified atom stereocenters. The largest absolute Gasteiger partial charge is 1.00 e. The summed E-state index contributed by atoms with van der Waals surface area (Å²) in [5.41, 5.74) is 1.82. The minimum Gasteiger partial charge on any atom is -0.550 e. The van der Waals surface area contributed by atoms with Crippen LogP contribution in [0.4, 0.5) is 0 Å². The van der Waals surface area contributed by atoms with Crippen LogP contribution in [0.25, 0.3) is 0 Å². The van der Waals surface area contributed by atoms with Crippen LogP contribution in [0, 0.1) is 5.92 Å². The molecule has 0 bridgehead atoms. The van der Waals surface area contributed by atoms with Gasteiger partial charge in [0.15, 0.2) is 0 Å². The zero-order chi connectivity index (χ0) is 10.6. The number of pyridine rings is 1. The molecule has 76 valence electrons. The third kappa shape index (κ3) is 5.30. The van der Waals surface area contributed by atoms with Crippen molar-refractivity contribution in [2.75, 3.05) is 0 Å². The molecule has 0 aliphatic heterocycles. The van der Waals surface area contributed by atoms with Crippen molar-refractivity contribution < 1.29 is 39.5 Å². The maximum absolute atomic E-state index is 10.5. The molecule has 1 aromatic heterocycles. The van der Waals surface area contributed by atoms with Crippen LogP contribution in [0.5, 0.6) is 0 Å². The Balaban J connectivity index is 0.00000196. The summed E-state index contributed by atoms with van der Waals surface area (Å²) in [6.07, 6.45) is 4.18. The van der Waals surface area contributed by atoms with Gasteiger partial charge in [-0.3, -0.25) is 4.98 Å². The second-order valence-electron chi connectivity index (χ2n) is 3.79. The second-order valence-corrected chi connectivity index (χ2v) is 3.79. The van der Waals surface area contributed by atoms with Gasteiger partial charge in [0.1, 0.15) is 0 Å². The molecule has 4 heteroatoms. The van der Waals surface area contributed by atoms with E-state index in [-0.39, 0.29) is 36.0 Å². The van der Waals surface area contributed by atoms with Crippen LogP contribution < -0.4 is 34.7 Å². The maximum atomic E-state index is 10.5. The van der Waals surface area contributed by atoms with E-state index in [2.05, 4.69) is 18.8 Å². The summed E-state index contributed by atoms with van der Waals surface area (Å²) in [5.74, 6) is -0.541. The van der Waals surface area contributed by atoms with Gasteiger partial charge in [-0.15, -0.1) is 0 Å². The Morgan fingerprint density at radius 2 is 2.13 bits per heavy atom. The molecule has 1 heterocycles. The third-order valence-electron chi connectivity index (χ3n) is 1.97. The average molecular weight is 215 g/mol. The predicted molar refractivity (Wildman–Crippen MR) is 51.5 cm³/mol. The minimum atomic E-state index is -1.04. The van der Waals surface area contributed by atoms with Crippen LogP contribution >= 0.6 is 0 Å². The van der Waals surface area contributed by atoms with Crippen molar-refractivity contribution in [2.24, 2.45) is 5.92 Å². The Kier molecular flexibility index (Phi) is 6.81. The summed E-state index contributed by atoms with van der Waals surface area (Å²) < 4.78 is 0. The molecule has 0 saturated carbocycles. The fraction of sp³-hybridized carbons (Fsp3) is 0.455. The molecule has 15 heavy (non-hydrogen) atoms. The van der Waals surface area contributed by atoms with Gasteiger partial charge < -0.3 is 9.90 Å². The number of aliphatic carboxylic acids is 1. The molecule has 0 aromatic carbocycles. The van der Waals surface area contributed by atoms with E-state index < -0.39 is 5.97 Å². The number of carboxylic acids is 1. The molecule has 0 spiro atoms. The summed E-state index contributed by atoms with van der Waals surface area (Å²) in [6.45, 7) is 4.19. The van der Waals surface area contributed by atoms with Gasteiger partial charge >= 0.3 is 29.6 Å². The molecule has 0 amide bonds. The van der Waals surface area contributed by atoms with Crippen LogP contribution in [0.1, 0.15) is 25.0 Å². The van der Waals surface area contributed by atoms with Crippen molar-refractivity contribution in [3.63, 3.8) is 0 Å². The molecule has 0 aliphatic rings. The Labute approximate surface area is 112 Å². The standard InChI is InChI=1S/C11H15NO2.Na/c1-8(2)5-10-7-12-4-3-9(10)6-11(13)14;/h3-4,7-8H,5-6H2,1-2H3,(H,13,14);/q;+1/p-1. The van der Waals surface area contributed by atoms with E-state index in [0.29, 0.717) is 5.92 Å². The normalized spacial score (nSPS) is 9.80. The number of nitrogens with zero attached hydrogens (tertiary/aromatic N) is 1. The third-order valence-corrected chi connectivity index (χ3v) is 1.97. The molecule has 0 radical (unpaired) electrons. The van der Waals surface area contributed by atoms with E-state index in [1.165, 1.54) is 0 Å². The fourth-order valence-electron chi connectivity index (χ4n) is 1.41. The van der Waals surface area contributed by atoms with Gasteiger partial charge in [0.05, 0.1) is 0 Å². The number of aromatic nitrogens is 1. The Hall–Kier alpha value is -0.380. The first kappa shape index (κ1) is 14.6. The molecule has 3 nitrogen and oxygen atoms in total. The van der Waals surface area contributed by atoms with Crippen molar-refractivity contribution in [1.82, 2.24) is 4.98 Å². The molecule has 1 rings (SSSR count). The van der Waals surface area contributed by atoms with Crippen molar-refractivity contribution in [3.05, 3.63) is 29.6 Å². The van der Waals surface area contributed by atoms with Crippen molar-refractivity contribution in [3.8, 4) is 0 Å². The number of carboxylic acid groups (broad SMARTS) is 1. The van der Waals surface area contributed by atoms with Gasteiger partial charge in [0.2, 0.25) is 0 Å². The van der Waals surface area contributed by atoms with Crippen molar-refractivity contribution in [1.29, 1.82) is 0 Å². The SMILES string of the molecule is CC(C)Cc1cnccc1CC(=O)[O-].[Na+]. The number of hydrogen-bond acceptors (Lipinski definition) is 3. The van der Waals surface area contributed by atoms with E-state index in [1.54, 1.807) is 18.5 Å². The fourth-order valence-corrected chi connectivity index (χ4v) is 1.41. The molecule has 0 N–H and O–H groups in total. The van der Waals surface area contributed by atoms with E-state index in [4.69, 9.17) is 0 Å². The van der Waals surface area contributed by atoms with Crippen molar-refractivity contribution in [2.45, 2.75) is 26.7 Å². The van der Waals surface area contributed by atoms with E-state index in [9.17, 15) is 9.90 Å². The zero-order valence-corrected chi connectivity index (χ0v) is 11.5. The van der Waals surface area contributed by atoms with Gasteiger partial charge in [-0.1, -0.05) is 13.8 Å². The Morgan fingerprint density at radius 3 is 2.67 bits per heavy atom. The van der Waals surface area contributed by atoms with Crippen LogP contribution in [0.2, 0.25) is 0 Å². The molecule has 0 atom stereocenters. The zero-order valence-electron chi connectivity index (χ0n) is 9.49. The number of carbonyl (C=O) groups excluding carboxylic acids is 1. The molecular formula is C11H14NNaO2. The average Bonchev–Trinajstić information content (AvgIpc) is 2.06. The summed E-state index contributed by atoms with van der Waals surface area (Å²) in [7, 11) is 0. The monoisotopic (exact) mass is 215 g/mol. The van der Waals surface area contributed by atoms with Crippen LogP contribution in [0.15, 0.2) is 18.5 Å². The van der Waals surface area contributed by atoms with Gasteiger partial charge in [-0.05, 0) is 29.5 Å². The van der Waals surface area contributed by atoms with Gasteiger partial charge in [0, 0.05) is 24.8 Å². The summed E-state index contributed by atoms with van der Waals surface area (Å²) in [5, 5.41) is 10.5. The van der Waals surface area contributed by atoms with Gasteiger partial charge in [-0.2, -0.15) is 0 Å². The molecular weight excluding hydrogens is 201 g/mol. The van der Waals surface area contributed by atoms with E-state index in [1.807, 2.05) is 0 Å². The smallest absolute Gasteiger partial charge is 0.550 e. The Bertz CT molecular complexity index is 326. The number of carbonyl (C=O) groups is 1. The quantitative estimate of drug-likeness (QED) is 0.525. The molecule has 0 aliphatic carbocycles. The van der Waals surface area contributed by atoms with Crippen LogP contribution in [-0.4, -0.2) is 11.0 Å². The van der Waals surface area contributed by atoms with Crippen LogP contribution in [0.3, 0.4) is 0 Å². The first-order chi connectivity index (χ1) is 6.59. The predicted octanol–water partition coefficient (Wildman–Crippen LogP) is -2.42. The minimum absolute atomic E-state index is 0. The summed E-state index contributed by atoms with van der Waals surface area (Å²) >= 11 is 0. The number of rotatable bonds is 4. The second kappa shape index (κ2) is 6.99. The topological polar surface area (TPSA) is 53.0 Å². The van der Waals surface area contributed by atoms with Gasteiger partial charge in [0.25, 0.3) is 0 Å². The first-order valence-electron chi connectivity index (χ1n) is 4.71. The first-order valence-corrected chi connectivity index (χ1v) is 4.71. The molecule has 0 fully saturated rings. The van der Waals surface area contributed by atoms with Crippen LogP contribution in [-0.2, 0) is 17.6 Å². The summed E-state index contributed by atoms with van der Waals surface area (Å²) in [6, 6.07) is 1.74. The maximum Gasteiger partial charge on any atom is 1.00 e. The van der Waals surface area contributed by atoms with E-state index in [0.717, 1.165) is 17.5 Å². The number of hydrogen-bond donors (Lipinski definition) is 0. The summed E-state index contributed by atoms with van der Waals surface area (Å²) in [4.78, 5) is 14.5.